The predicted molar refractivity (Wildman–Crippen MR) is 75.9 cm³/mol. The highest BCUT2D eigenvalue weighted by Gasteiger charge is 2.28. The fraction of sp³-hybridized carbons (Fsp3) is 0.364. The standard InChI is InChI=1S/C11H14ClN3O4S/c1-6(5-16)13-11-14-8-3-7(12)9(19-2)4-10(8)20(17,18)15-11/h3-4,6,16H,5H2,1-2H3,(H2,13,14,15)/t6-/m1/s1. The molecular formula is C11H14ClN3O4S. The second-order valence-corrected chi connectivity index (χ2v) is 6.28. The molecule has 7 nitrogen and oxygen atoms in total. The quantitative estimate of drug-likeness (QED) is 0.765. The van der Waals surface area contributed by atoms with Gasteiger partial charge in [-0.15, -0.1) is 0 Å². The van der Waals surface area contributed by atoms with Crippen LogP contribution in [0.1, 0.15) is 6.92 Å². The highest BCUT2D eigenvalue weighted by atomic mass is 35.5. The molecule has 110 valence electrons. The number of sulfonamides is 1. The summed E-state index contributed by atoms with van der Waals surface area (Å²) in [6, 6.07) is 2.35. The van der Waals surface area contributed by atoms with E-state index < -0.39 is 16.1 Å². The van der Waals surface area contributed by atoms with Gasteiger partial charge in [0.1, 0.15) is 10.6 Å². The van der Waals surface area contributed by atoms with Crippen LogP contribution in [0.2, 0.25) is 5.02 Å². The SMILES string of the molecule is COc1cc2c(cc1Cl)NC(=N[C@H](C)CO)NS2(=O)=O. The van der Waals surface area contributed by atoms with Crippen LogP contribution < -0.4 is 14.8 Å². The highest BCUT2D eigenvalue weighted by molar-refractivity contribution is 7.90. The molecule has 0 saturated heterocycles. The normalized spacial score (nSPS) is 19.7. The number of aliphatic hydroxyl groups is 1. The van der Waals surface area contributed by atoms with E-state index in [9.17, 15) is 8.42 Å². The van der Waals surface area contributed by atoms with Crippen LogP contribution in [0.25, 0.3) is 0 Å². The van der Waals surface area contributed by atoms with E-state index in [4.69, 9.17) is 21.4 Å². The van der Waals surface area contributed by atoms with Gasteiger partial charge in [0.2, 0.25) is 5.96 Å². The molecule has 0 saturated carbocycles. The van der Waals surface area contributed by atoms with Gasteiger partial charge in [-0.2, -0.15) is 0 Å². The number of anilines is 1. The van der Waals surface area contributed by atoms with Crippen LogP contribution in [-0.2, 0) is 10.0 Å². The summed E-state index contributed by atoms with van der Waals surface area (Å²) in [6.45, 7) is 1.46. The summed E-state index contributed by atoms with van der Waals surface area (Å²) >= 11 is 5.98. The summed E-state index contributed by atoms with van der Waals surface area (Å²) in [7, 11) is -2.36. The third-order valence-electron chi connectivity index (χ3n) is 2.64. The van der Waals surface area contributed by atoms with Gasteiger partial charge in [0.25, 0.3) is 10.0 Å². The maximum Gasteiger partial charge on any atom is 0.266 e. The van der Waals surface area contributed by atoms with Crippen molar-refractivity contribution in [1.82, 2.24) is 4.72 Å². The maximum absolute atomic E-state index is 12.1. The average molecular weight is 320 g/mol. The van der Waals surface area contributed by atoms with Gasteiger partial charge in [0.05, 0.1) is 30.5 Å². The Kier molecular flexibility index (Phi) is 4.07. The van der Waals surface area contributed by atoms with Crippen LogP contribution in [0, 0.1) is 0 Å². The Morgan fingerprint density at radius 1 is 1.50 bits per heavy atom. The molecule has 0 bridgehead atoms. The smallest absolute Gasteiger partial charge is 0.266 e. The number of nitrogens with one attached hydrogen (secondary N) is 2. The van der Waals surface area contributed by atoms with E-state index in [2.05, 4.69) is 15.0 Å². The Bertz CT molecular complexity index is 660. The first kappa shape index (κ1) is 14.9. The Labute approximate surface area is 121 Å². The highest BCUT2D eigenvalue weighted by Crippen LogP contribution is 2.35. The number of guanidine groups is 1. The minimum Gasteiger partial charge on any atom is -0.495 e. The zero-order valence-electron chi connectivity index (χ0n) is 10.8. The van der Waals surface area contributed by atoms with Crippen molar-refractivity contribution in [2.24, 2.45) is 4.99 Å². The van der Waals surface area contributed by atoms with Gasteiger partial charge in [-0.3, -0.25) is 0 Å². The molecule has 0 radical (unpaired) electrons. The number of hydrogen-bond donors (Lipinski definition) is 3. The lowest BCUT2D eigenvalue weighted by molar-refractivity contribution is 0.274. The Balaban J connectivity index is 2.50. The van der Waals surface area contributed by atoms with Crippen molar-refractivity contribution in [3.05, 3.63) is 17.2 Å². The summed E-state index contributed by atoms with van der Waals surface area (Å²) in [6.07, 6.45) is 0. The maximum atomic E-state index is 12.1. The molecule has 1 aromatic carbocycles. The van der Waals surface area contributed by atoms with Gasteiger partial charge in [0, 0.05) is 6.07 Å². The van der Waals surface area contributed by atoms with Gasteiger partial charge >= 0.3 is 0 Å². The van der Waals surface area contributed by atoms with Crippen LogP contribution in [0.3, 0.4) is 0 Å². The van der Waals surface area contributed by atoms with E-state index in [1.54, 1.807) is 6.92 Å². The van der Waals surface area contributed by atoms with Crippen LogP contribution >= 0.6 is 11.6 Å². The topological polar surface area (TPSA) is 100 Å². The van der Waals surface area contributed by atoms with Crippen LogP contribution in [0.4, 0.5) is 5.69 Å². The van der Waals surface area contributed by atoms with Crippen molar-refractivity contribution < 1.29 is 18.3 Å². The Morgan fingerprint density at radius 3 is 2.80 bits per heavy atom. The van der Waals surface area contributed by atoms with Crippen molar-refractivity contribution in [2.75, 3.05) is 19.0 Å². The molecule has 0 amide bonds. The van der Waals surface area contributed by atoms with E-state index in [0.717, 1.165) is 0 Å². The average Bonchev–Trinajstić information content (AvgIpc) is 2.37. The monoisotopic (exact) mass is 319 g/mol. The van der Waals surface area contributed by atoms with Crippen molar-refractivity contribution >= 4 is 33.3 Å². The zero-order valence-corrected chi connectivity index (χ0v) is 12.4. The molecule has 1 aliphatic heterocycles. The molecule has 1 atom stereocenters. The van der Waals surface area contributed by atoms with Crippen molar-refractivity contribution in [2.45, 2.75) is 17.9 Å². The molecule has 2 rings (SSSR count). The van der Waals surface area contributed by atoms with Gasteiger partial charge in [-0.05, 0) is 13.0 Å². The van der Waals surface area contributed by atoms with E-state index in [-0.39, 0.29) is 28.2 Å². The fourth-order valence-corrected chi connectivity index (χ4v) is 3.04. The minimum absolute atomic E-state index is 0.0225. The molecule has 1 aromatic rings. The number of aliphatic imine (C=N–C) groups is 1. The number of methoxy groups -OCH3 is 1. The first-order chi connectivity index (χ1) is 9.37. The van der Waals surface area contributed by atoms with E-state index >= 15 is 0 Å². The number of ether oxygens (including phenoxy) is 1. The first-order valence-electron chi connectivity index (χ1n) is 5.73. The molecule has 1 aliphatic rings. The van der Waals surface area contributed by atoms with E-state index in [0.29, 0.717) is 5.69 Å². The lowest BCUT2D eigenvalue weighted by atomic mass is 10.3. The van der Waals surface area contributed by atoms with E-state index in [1.165, 1.54) is 19.2 Å². The minimum atomic E-state index is -3.76. The second kappa shape index (κ2) is 5.47. The summed E-state index contributed by atoms with van der Waals surface area (Å²) in [5, 5.41) is 12.1. The molecule has 1 heterocycles. The molecular weight excluding hydrogens is 306 g/mol. The van der Waals surface area contributed by atoms with Crippen molar-refractivity contribution in [3.63, 3.8) is 0 Å². The molecule has 9 heteroatoms. The number of nitrogens with zero attached hydrogens (tertiary/aromatic N) is 1. The van der Waals surface area contributed by atoms with Gasteiger partial charge < -0.3 is 15.2 Å². The largest absolute Gasteiger partial charge is 0.495 e. The number of halogens is 1. The molecule has 0 unspecified atom stereocenters. The number of hydrogen-bond acceptors (Lipinski definition) is 5. The number of benzene rings is 1. The third-order valence-corrected chi connectivity index (χ3v) is 4.32. The van der Waals surface area contributed by atoms with Crippen LogP contribution in [0.5, 0.6) is 5.75 Å². The first-order valence-corrected chi connectivity index (χ1v) is 7.59. The van der Waals surface area contributed by atoms with Crippen LogP contribution in [-0.4, -0.2) is 39.2 Å². The third kappa shape index (κ3) is 2.82. The summed E-state index contributed by atoms with van der Waals surface area (Å²) in [5.74, 6) is 0.307. The van der Waals surface area contributed by atoms with Gasteiger partial charge in [0.15, 0.2) is 0 Å². The summed E-state index contributed by atoms with van der Waals surface area (Å²) in [5.41, 5.74) is 0.304. The number of fused-ring (bicyclic) bond motifs is 1. The molecule has 0 fully saturated rings. The molecule has 20 heavy (non-hydrogen) atoms. The molecule has 0 aliphatic carbocycles. The lowest BCUT2D eigenvalue weighted by Crippen LogP contribution is -2.41. The number of aliphatic hydroxyl groups excluding tert-OH is 1. The van der Waals surface area contributed by atoms with Gasteiger partial charge in [-0.1, -0.05) is 11.6 Å². The Morgan fingerprint density at radius 2 is 2.20 bits per heavy atom. The van der Waals surface area contributed by atoms with E-state index in [1.807, 2.05) is 0 Å². The Hall–Kier alpha value is -1.51. The van der Waals surface area contributed by atoms with Gasteiger partial charge in [-0.25, -0.2) is 18.1 Å². The van der Waals surface area contributed by atoms with Crippen molar-refractivity contribution in [3.8, 4) is 5.75 Å². The molecule has 0 spiro atoms. The lowest BCUT2D eigenvalue weighted by Gasteiger charge is -2.23. The van der Waals surface area contributed by atoms with Crippen LogP contribution in [0.15, 0.2) is 22.0 Å². The van der Waals surface area contributed by atoms with Crippen molar-refractivity contribution in [1.29, 1.82) is 0 Å². The number of rotatable bonds is 3. The fourth-order valence-electron chi connectivity index (χ4n) is 1.67. The summed E-state index contributed by atoms with van der Waals surface area (Å²) in [4.78, 5) is 4.03. The molecule has 3 N–H and O–H groups in total. The molecule has 0 aromatic heterocycles. The second-order valence-electron chi connectivity index (χ2n) is 4.22. The predicted octanol–water partition coefficient (Wildman–Crippen LogP) is 0.789. The summed E-state index contributed by atoms with van der Waals surface area (Å²) < 4.78 is 31.6. The zero-order chi connectivity index (χ0) is 14.9.